The van der Waals surface area contributed by atoms with E-state index in [1.165, 1.54) is 12.3 Å². The van der Waals surface area contributed by atoms with E-state index in [2.05, 4.69) is 18.5 Å². The summed E-state index contributed by atoms with van der Waals surface area (Å²) in [5, 5.41) is 2.57. The van der Waals surface area contributed by atoms with Crippen molar-refractivity contribution in [1.82, 2.24) is 5.32 Å². The Morgan fingerprint density at radius 2 is 2.25 bits per heavy atom. The van der Waals surface area contributed by atoms with Gasteiger partial charge in [-0.15, -0.1) is 0 Å². The third kappa shape index (κ3) is 6.48. The Morgan fingerprint density at radius 1 is 1.56 bits per heavy atom. The van der Waals surface area contributed by atoms with Gasteiger partial charge in [-0.25, -0.2) is 0 Å². The Kier molecular flexibility index (Phi) is 7.32. The summed E-state index contributed by atoms with van der Waals surface area (Å²) >= 11 is 0. The maximum atomic E-state index is 11.3. The average Bonchev–Trinajstić information content (AvgIpc) is 2.26. The molecule has 0 fully saturated rings. The minimum Gasteiger partial charge on any atom is -0.494 e. The summed E-state index contributed by atoms with van der Waals surface area (Å²) < 4.78 is 5.18. The molecule has 0 radical (unpaired) electrons. The Bertz CT molecular complexity index is 317. The van der Waals surface area contributed by atoms with E-state index in [9.17, 15) is 4.79 Å². The number of carbonyl (C=O) groups excluding carboxylic acids is 1. The van der Waals surface area contributed by atoms with Gasteiger partial charge < -0.3 is 15.8 Å². The van der Waals surface area contributed by atoms with Gasteiger partial charge in [0.25, 0.3) is 0 Å². The highest BCUT2D eigenvalue weighted by Gasteiger charge is 2.02. The molecule has 0 bridgehead atoms. The van der Waals surface area contributed by atoms with E-state index in [0.717, 1.165) is 0 Å². The predicted octanol–water partition coefficient (Wildman–Crippen LogP) is 1.59. The van der Waals surface area contributed by atoms with Gasteiger partial charge in [-0.1, -0.05) is 19.2 Å². The van der Waals surface area contributed by atoms with E-state index in [1.807, 2.05) is 13.0 Å². The van der Waals surface area contributed by atoms with Crippen molar-refractivity contribution in [1.29, 1.82) is 0 Å². The van der Waals surface area contributed by atoms with Gasteiger partial charge in [-0.3, -0.25) is 4.79 Å². The largest absolute Gasteiger partial charge is 0.494 e. The minimum absolute atomic E-state index is 0.176. The second-order valence-electron chi connectivity index (χ2n) is 2.94. The van der Waals surface area contributed by atoms with Crippen LogP contribution in [0.25, 0.3) is 0 Å². The van der Waals surface area contributed by atoms with Crippen LogP contribution in [0.15, 0.2) is 49.0 Å². The van der Waals surface area contributed by atoms with Crippen LogP contribution in [0, 0.1) is 0 Å². The van der Waals surface area contributed by atoms with E-state index in [4.69, 9.17) is 10.5 Å². The van der Waals surface area contributed by atoms with Crippen LogP contribution in [-0.4, -0.2) is 12.5 Å². The molecule has 0 aromatic carbocycles. The predicted molar refractivity (Wildman–Crippen MR) is 65.1 cm³/mol. The van der Waals surface area contributed by atoms with Crippen molar-refractivity contribution in [2.24, 2.45) is 5.73 Å². The van der Waals surface area contributed by atoms with Gasteiger partial charge in [0.15, 0.2) is 0 Å². The first kappa shape index (κ1) is 14.0. The van der Waals surface area contributed by atoms with Gasteiger partial charge in [0.1, 0.15) is 5.76 Å². The summed E-state index contributed by atoms with van der Waals surface area (Å²) in [7, 11) is 0. The zero-order chi connectivity index (χ0) is 12.4. The summed E-state index contributed by atoms with van der Waals surface area (Å²) in [5.41, 5.74) is 5.73. The van der Waals surface area contributed by atoms with Crippen LogP contribution in [0.1, 0.15) is 13.3 Å². The molecule has 0 aromatic rings. The summed E-state index contributed by atoms with van der Waals surface area (Å²) in [6.07, 6.45) is 6.53. The van der Waals surface area contributed by atoms with E-state index in [-0.39, 0.29) is 18.9 Å². The molecule has 0 rings (SSSR count). The first-order valence-electron chi connectivity index (χ1n) is 4.92. The van der Waals surface area contributed by atoms with Crippen molar-refractivity contribution in [3.05, 3.63) is 49.0 Å². The van der Waals surface area contributed by atoms with Gasteiger partial charge in [-0.2, -0.15) is 0 Å². The summed E-state index contributed by atoms with van der Waals surface area (Å²) in [5.74, 6) is 0.360. The van der Waals surface area contributed by atoms with Crippen LogP contribution in [-0.2, 0) is 9.53 Å². The highest BCUT2D eigenvalue weighted by atomic mass is 16.5. The number of nitrogens with two attached hydrogens (primary N) is 1. The number of rotatable bonds is 7. The van der Waals surface area contributed by atoms with Gasteiger partial charge in [0, 0.05) is 6.20 Å². The minimum atomic E-state index is -0.176. The van der Waals surface area contributed by atoms with E-state index < -0.39 is 0 Å². The van der Waals surface area contributed by atoms with Crippen LogP contribution in [0.5, 0.6) is 0 Å². The zero-order valence-electron chi connectivity index (χ0n) is 9.53. The van der Waals surface area contributed by atoms with Crippen LogP contribution in [0.3, 0.4) is 0 Å². The third-order valence-electron chi connectivity index (χ3n) is 1.65. The van der Waals surface area contributed by atoms with Crippen molar-refractivity contribution >= 4 is 5.91 Å². The maximum Gasteiger partial charge on any atom is 0.227 e. The smallest absolute Gasteiger partial charge is 0.227 e. The van der Waals surface area contributed by atoms with Gasteiger partial charge in [0.2, 0.25) is 5.91 Å². The molecule has 16 heavy (non-hydrogen) atoms. The SMILES string of the molecule is C=C/C(=C\N)NC(=O)CCOC(=C)/C=C\C. The number of allylic oxidation sites excluding steroid dienone is 3. The molecule has 88 valence electrons. The summed E-state index contributed by atoms with van der Waals surface area (Å²) in [6.45, 7) is 9.29. The Hall–Kier alpha value is -1.97. The van der Waals surface area contributed by atoms with Crippen molar-refractivity contribution in [3.8, 4) is 0 Å². The second-order valence-corrected chi connectivity index (χ2v) is 2.94. The van der Waals surface area contributed by atoms with Crippen LogP contribution >= 0.6 is 0 Å². The van der Waals surface area contributed by atoms with E-state index in [0.29, 0.717) is 11.5 Å². The van der Waals surface area contributed by atoms with Gasteiger partial charge >= 0.3 is 0 Å². The van der Waals surface area contributed by atoms with Gasteiger partial charge in [-0.05, 0) is 19.1 Å². The van der Waals surface area contributed by atoms with Crippen LogP contribution in [0.2, 0.25) is 0 Å². The molecule has 0 aliphatic rings. The number of nitrogens with one attached hydrogen (secondary N) is 1. The average molecular weight is 222 g/mol. The molecule has 0 unspecified atom stereocenters. The molecule has 0 atom stereocenters. The molecule has 4 nitrogen and oxygen atoms in total. The van der Waals surface area contributed by atoms with Crippen LogP contribution < -0.4 is 11.1 Å². The first-order chi connectivity index (χ1) is 7.63. The Labute approximate surface area is 96.2 Å². The van der Waals surface area contributed by atoms with Crippen molar-refractivity contribution in [2.75, 3.05) is 6.61 Å². The molecule has 0 heterocycles. The molecular formula is C12H18N2O2. The topological polar surface area (TPSA) is 64.3 Å². The molecular weight excluding hydrogens is 204 g/mol. The molecule has 4 heteroatoms. The van der Waals surface area contributed by atoms with Crippen LogP contribution in [0.4, 0.5) is 0 Å². The Balaban J connectivity index is 3.82. The highest BCUT2D eigenvalue weighted by molar-refractivity contribution is 5.78. The molecule has 0 aromatic heterocycles. The van der Waals surface area contributed by atoms with Gasteiger partial charge in [0.05, 0.1) is 18.7 Å². The zero-order valence-corrected chi connectivity index (χ0v) is 9.53. The molecule has 0 aliphatic carbocycles. The molecule has 1 amide bonds. The quantitative estimate of drug-likeness (QED) is 0.508. The number of ether oxygens (including phenoxy) is 1. The lowest BCUT2D eigenvalue weighted by Crippen LogP contribution is -2.23. The summed E-state index contributed by atoms with van der Waals surface area (Å²) in [4.78, 5) is 11.3. The number of hydrogen-bond acceptors (Lipinski definition) is 3. The van der Waals surface area contributed by atoms with Crippen molar-refractivity contribution in [2.45, 2.75) is 13.3 Å². The Morgan fingerprint density at radius 3 is 2.75 bits per heavy atom. The molecule has 0 aliphatic heterocycles. The third-order valence-corrected chi connectivity index (χ3v) is 1.65. The molecule has 0 saturated carbocycles. The normalized spacial score (nSPS) is 11.2. The van der Waals surface area contributed by atoms with Crippen molar-refractivity contribution < 1.29 is 9.53 Å². The standard InChI is InChI=1S/C12H18N2O2/c1-4-6-10(3)16-8-7-12(15)14-11(5-2)9-13/h4-6,9H,2-3,7-8,13H2,1H3,(H,14,15)/b6-4-,11-9+. The fraction of sp³-hybridized carbons (Fsp3) is 0.250. The highest BCUT2D eigenvalue weighted by Crippen LogP contribution is 1.97. The number of amides is 1. The molecule has 0 saturated heterocycles. The summed E-state index contributed by atoms with van der Waals surface area (Å²) in [6, 6.07) is 0. The van der Waals surface area contributed by atoms with E-state index >= 15 is 0 Å². The number of hydrogen-bond donors (Lipinski definition) is 2. The monoisotopic (exact) mass is 222 g/mol. The lowest BCUT2D eigenvalue weighted by atomic mass is 10.3. The van der Waals surface area contributed by atoms with E-state index in [1.54, 1.807) is 6.08 Å². The molecule has 3 N–H and O–H groups in total. The van der Waals surface area contributed by atoms with Crippen molar-refractivity contribution in [3.63, 3.8) is 0 Å². The number of carbonyl (C=O) groups is 1. The molecule has 0 spiro atoms. The fourth-order valence-electron chi connectivity index (χ4n) is 0.893. The first-order valence-corrected chi connectivity index (χ1v) is 4.92. The fourth-order valence-corrected chi connectivity index (χ4v) is 0.893. The second kappa shape index (κ2) is 8.35. The maximum absolute atomic E-state index is 11.3. The lowest BCUT2D eigenvalue weighted by Gasteiger charge is -2.06. The lowest BCUT2D eigenvalue weighted by molar-refractivity contribution is -0.121.